The van der Waals surface area contributed by atoms with E-state index in [2.05, 4.69) is 23.6 Å². The van der Waals surface area contributed by atoms with Crippen LogP contribution in [0.25, 0.3) is 0 Å². The van der Waals surface area contributed by atoms with Crippen LogP contribution in [-0.2, 0) is 6.54 Å². The number of benzene rings is 1. The molecule has 1 aliphatic rings. The Morgan fingerprint density at radius 3 is 2.38 bits per heavy atom. The van der Waals surface area contributed by atoms with Gasteiger partial charge in [0.15, 0.2) is 0 Å². The van der Waals surface area contributed by atoms with Gasteiger partial charge in [0.25, 0.3) is 0 Å². The summed E-state index contributed by atoms with van der Waals surface area (Å²) in [7, 11) is 1.70. The average molecular weight is 312 g/mol. The number of rotatable bonds is 5. The van der Waals surface area contributed by atoms with Crippen molar-refractivity contribution in [3.05, 3.63) is 28.8 Å². The van der Waals surface area contributed by atoms with E-state index in [9.17, 15) is 0 Å². The van der Waals surface area contributed by atoms with Gasteiger partial charge >= 0.3 is 0 Å². The number of methoxy groups -OCH3 is 1. The normalized spacial score (nSPS) is 18.0. The van der Waals surface area contributed by atoms with Gasteiger partial charge in [-0.3, -0.25) is 9.80 Å². The molecule has 0 radical (unpaired) electrons. The van der Waals surface area contributed by atoms with Gasteiger partial charge < -0.3 is 10.5 Å². The first-order chi connectivity index (χ1) is 9.87. The van der Waals surface area contributed by atoms with E-state index < -0.39 is 0 Å². The van der Waals surface area contributed by atoms with Gasteiger partial charge in [-0.15, -0.1) is 0 Å². The third-order valence-corrected chi connectivity index (χ3v) is 3.97. The predicted molar refractivity (Wildman–Crippen MR) is 88.0 cm³/mol. The van der Waals surface area contributed by atoms with Gasteiger partial charge in [0.2, 0.25) is 0 Å². The average Bonchev–Trinajstić information content (AvgIpc) is 2.40. The lowest BCUT2D eigenvalue weighted by atomic mass is 10.1. The molecular weight excluding hydrogens is 286 g/mol. The predicted octanol–water partition coefficient (Wildman–Crippen LogP) is 2.20. The molecular formula is C16H26ClN3O. The highest BCUT2D eigenvalue weighted by Crippen LogP contribution is 2.24. The van der Waals surface area contributed by atoms with Gasteiger partial charge in [0.1, 0.15) is 5.75 Å². The molecule has 5 heteroatoms. The van der Waals surface area contributed by atoms with Gasteiger partial charge in [-0.05, 0) is 32.0 Å². The summed E-state index contributed by atoms with van der Waals surface area (Å²) in [6.45, 7) is 10.2. The molecule has 0 bridgehead atoms. The molecule has 0 amide bonds. The molecule has 2 rings (SSSR count). The maximum atomic E-state index is 6.09. The highest BCUT2D eigenvalue weighted by atomic mass is 35.5. The SMILES string of the molecule is COc1ccc(Cl)cc1CN1CCN(CC(C)(C)N)CC1. The second-order valence-electron chi connectivity index (χ2n) is 6.50. The summed E-state index contributed by atoms with van der Waals surface area (Å²) in [5.74, 6) is 0.907. The fourth-order valence-electron chi connectivity index (χ4n) is 2.79. The monoisotopic (exact) mass is 311 g/mol. The molecule has 1 saturated heterocycles. The van der Waals surface area contributed by atoms with Crippen LogP contribution < -0.4 is 10.5 Å². The highest BCUT2D eigenvalue weighted by molar-refractivity contribution is 6.30. The molecule has 2 N–H and O–H groups in total. The molecule has 1 heterocycles. The van der Waals surface area contributed by atoms with Gasteiger partial charge in [0, 0.05) is 55.4 Å². The first-order valence-corrected chi connectivity index (χ1v) is 7.81. The Kier molecular flexibility index (Phi) is 5.49. The van der Waals surface area contributed by atoms with Crippen molar-refractivity contribution >= 4 is 11.6 Å². The van der Waals surface area contributed by atoms with E-state index in [4.69, 9.17) is 22.1 Å². The summed E-state index contributed by atoms with van der Waals surface area (Å²) in [4.78, 5) is 4.87. The highest BCUT2D eigenvalue weighted by Gasteiger charge is 2.22. The second-order valence-corrected chi connectivity index (χ2v) is 6.93. The summed E-state index contributed by atoms with van der Waals surface area (Å²) < 4.78 is 5.42. The maximum Gasteiger partial charge on any atom is 0.123 e. The number of hydrogen-bond acceptors (Lipinski definition) is 4. The van der Waals surface area contributed by atoms with E-state index in [0.717, 1.165) is 55.6 Å². The van der Waals surface area contributed by atoms with Crippen molar-refractivity contribution < 1.29 is 4.74 Å². The van der Waals surface area contributed by atoms with Crippen molar-refractivity contribution in [1.82, 2.24) is 9.80 Å². The minimum absolute atomic E-state index is 0.127. The molecule has 1 aromatic carbocycles. The largest absolute Gasteiger partial charge is 0.496 e. The zero-order valence-electron chi connectivity index (χ0n) is 13.2. The minimum Gasteiger partial charge on any atom is -0.496 e. The van der Waals surface area contributed by atoms with E-state index in [0.29, 0.717) is 0 Å². The third-order valence-electron chi connectivity index (χ3n) is 3.73. The van der Waals surface area contributed by atoms with Crippen LogP contribution in [0.15, 0.2) is 18.2 Å². The lowest BCUT2D eigenvalue weighted by Crippen LogP contribution is -2.52. The van der Waals surface area contributed by atoms with Crippen molar-refractivity contribution in [3.63, 3.8) is 0 Å². The molecule has 4 nitrogen and oxygen atoms in total. The van der Waals surface area contributed by atoms with Crippen molar-refractivity contribution in [2.24, 2.45) is 5.73 Å². The fourth-order valence-corrected chi connectivity index (χ4v) is 2.99. The topological polar surface area (TPSA) is 41.7 Å². The molecule has 0 unspecified atom stereocenters. The molecule has 0 saturated carbocycles. The van der Waals surface area contributed by atoms with Crippen molar-refractivity contribution in [1.29, 1.82) is 0 Å². The van der Waals surface area contributed by atoms with E-state index in [1.165, 1.54) is 0 Å². The molecule has 0 atom stereocenters. The minimum atomic E-state index is -0.127. The summed E-state index contributed by atoms with van der Waals surface area (Å²) in [5.41, 5.74) is 7.12. The number of nitrogens with two attached hydrogens (primary N) is 1. The van der Waals surface area contributed by atoms with Gasteiger partial charge in [0.05, 0.1) is 7.11 Å². The van der Waals surface area contributed by atoms with Crippen molar-refractivity contribution in [3.8, 4) is 5.75 Å². The van der Waals surface area contributed by atoms with Crippen LogP contribution >= 0.6 is 11.6 Å². The van der Waals surface area contributed by atoms with Crippen LogP contribution in [0.3, 0.4) is 0 Å². The Balaban J connectivity index is 1.90. The number of hydrogen-bond donors (Lipinski definition) is 1. The summed E-state index contributed by atoms with van der Waals surface area (Å²) >= 11 is 6.09. The zero-order valence-corrected chi connectivity index (χ0v) is 14.0. The number of halogens is 1. The lowest BCUT2D eigenvalue weighted by Gasteiger charge is -2.37. The van der Waals surface area contributed by atoms with Crippen LogP contribution in [-0.4, -0.2) is 55.2 Å². The summed E-state index contributed by atoms with van der Waals surface area (Å²) in [6.07, 6.45) is 0. The second kappa shape index (κ2) is 6.97. The maximum absolute atomic E-state index is 6.09. The number of ether oxygens (including phenoxy) is 1. The van der Waals surface area contributed by atoms with E-state index >= 15 is 0 Å². The Bertz CT molecular complexity index is 465. The first kappa shape index (κ1) is 16.6. The standard InChI is InChI=1S/C16H26ClN3O/c1-16(2,18)12-20-8-6-19(7-9-20)11-13-10-14(17)4-5-15(13)21-3/h4-5,10H,6-9,11-12,18H2,1-3H3. The Labute approximate surface area is 132 Å². The number of nitrogens with zero attached hydrogens (tertiary/aromatic N) is 2. The van der Waals surface area contributed by atoms with Gasteiger partial charge in [-0.1, -0.05) is 11.6 Å². The molecule has 1 aromatic rings. The molecule has 1 aliphatic heterocycles. The van der Waals surface area contributed by atoms with E-state index in [-0.39, 0.29) is 5.54 Å². The Hall–Kier alpha value is -0.810. The van der Waals surface area contributed by atoms with Gasteiger partial charge in [-0.2, -0.15) is 0 Å². The first-order valence-electron chi connectivity index (χ1n) is 7.43. The smallest absolute Gasteiger partial charge is 0.123 e. The molecule has 21 heavy (non-hydrogen) atoms. The van der Waals surface area contributed by atoms with E-state index in [1.54, 1.807) is 7.11 Å². The van der Waals surface area contributed by atoms with Gasteiger partial charge in [-0.25, -0.2) is 0 Å². The van der Waals surface area contributed by atoms with Crippen LogP contribution in [0.5, 0.6) is 5.75 Å². The molecule has 0 aromatic heterocycles. The van der Waals surface area contributed by atoms with Crippen molar-refractivity contribution in [2.75, 3.05) is 39.8 Å². The molecule has 0 spiro atoms. The van der Waals surface area contributed by atoms with Crippen LogP contribution in [0.2, 0.25) is 5.02 Å². The summed E-state index contributed by atoms with van der Waals surface area (Å²) in [5, 5.41) is 0.759. The molecule has 118 valence electrons. The summed E-state index contributed by atoms with van der Waals surface area (Å²) in [6, 6.07) is 5.80. The Morgan fingerprint density at radius 1 is 1.19 bits per heavy atom. The zero-order chi connectivity index (χ0) is 15.5. The third kappa shape index (κ3) is 5.15. The van der Waals surface area contributed by atoms with E-state index in [1.807, 2.05) is 18.2 Å². The van der Waals surface area contributed by atoms with Crippen LogP contribution in [0, 0.1) is 0 Å². The molecule has 0 aliphatic carbocycles. The van der Waals surface area contributed by atoms with Crippen LogP contribution in [0.1, 0.15) is 19.4 Å². The fraction of sp³-hybridized carbons (Fsp3) is 0.625. The Morgan fingerprint density at radius 2 is 1.81 bits per heavy atom. The lowest BCUT2D eigenvalue weighted by molar-refractivity contribution is 0.111. The quantitative estimate of drug-likeness (QED) is 0.905. The number of piperazine rings is 1. The molecule has 1 fully saturated rings. The van der Waals surface area contributed by atoms with Crippen LogP contribution in [0.4, 0.5) is 0 Å². The van der Waals surface area contributed by atoms with Crippen molar-refractivity contribution in [2.45, 2.75) is 25.9 Å².